The summed E-state index contributed by atoms with van der Waals surface area (Å²) in [6.07, 6.45) is 1.33. The summed E-state index contributed by atoms with van der Waals surface area (Å²) in [5.41, 5.74) is 0.232. The molecule has 1 aliphatic rings. The van der Waals surface area contributed by atoms with Crippen molar-refractivity contribution in [2.75, 3.05) is 6.54 Å². The van der Waals surface area contributed by atoms with Crippen molar-refractivity contribution in [2.24, 2.45) is 5.92 Å². The van der Waals surface area contributed by atoms with Gasteiger partial charge in [0.2, 0.25) is 0 Å². The highest BCUT2D eigenvalue weighted by Gasteiger charge is 2.35. The number of carbonyl (C=O) groups is 2. The highest BCUT2D eigenvalue weighted by molar-refractivity contribution is 7.03. The maximum absolute atomic E-state index is 12.0. The molecule has 0 radical (unpaired) electrons. The minimum atomic E-state index is -0.951. The first-order valence-electron chi connectivity index (χ1n) is 5.40. The Labute approximate surface area is 102 Å². The lowest BCUT2D eigenvalue weighted by molar-refractivity contribution is -0.144. The Morgan fingerprint density at radius 2 is 2.35 bits per heavy atom. The summed E-state index contributed by atoms with van der Waals surface area (Å²) < 4.78 is 3.62. The van der Waals surface area contributed by atoms with E-state index in [0.717, 1.165) is 18.0 Å². The van der Waals surface area contributed by atoms with Crippen LogP contribution in [0.15, 0.2) is 5.38 Å². The van der Waals surface area contributed by atoms with Gasteiger partial charge in [0.25, 0.3) is 5.91 Å². The average Bonchev–Trinajstić information content (AvgIpc) is 2.81. The van der Waals surface area contributed by atoms with Crippen LogP contribution in [0.25, 0.3) is 0 Å². The number of carboxylic acid groups (broad SMARTS) is 1. The van der Waals surface area contributed by atoms with Gasteiger partial charge in [-0.3, -0.25) is 4.79 Å². The van der Waals surface area contributed by atoms with Crippen LogP contribution in [0.1, 0.15) is 30.3 Å². The minimum Gasteiger partial charge on any atom is -0.480 e. The molecule has 0 aliphatic carbocycles. The second kappa shape index (κ2) is 4.79. The second-order valence-electron chi connectivity index (χ2n) is 4.27. The predicted octanol–water partition coefficient (Wildman–Crippen LogP) is 0.863. The van der Waals surface area contributed by atoms with Crippen LogP contribution in [0.4, 0.5) is 0 Å². The summed E-state index contributed by atoms with van der Waals surface area (Å²) in [6.45, 7) is 2.47. The fourth-order valence-electron chi connectivity index (χ4n) is 2.02. The van der Waals surface area contributed by atoms with E-state index in [1.165, 1.54) is 4.90 Å². The molecule has 92 valence electrons. The van der Waals surface area contributed by atoms with Crippen molar-refractivity contribution in [1.82, 2.24) is 14.5 Å². The summed E-state index contributed by atoms with van der Waals surface area (Å²) in [4.78, 5) is 24.6. The predicted molar refractivity (Wildman–Crippen MR) is 60.8 cm³/mol. The minimum absolute atomic E-state index is 0.232. The van der Waals surface area contributed by atoms with Gasteiger partial charge < -0.3 is 10.0 Å². The molecule has 0 spiro atoms. The Morgan fingerprint density at radius 3 is 2.94 bits per heavy atom. The molecule has 1 N–H and O–H groups in total. The molecule has 2 unspecified atom stereocenters. The van der Waals surface area contributed by atoms with Gasteiger partial charge in [-0.2, -0.15) is 0 Å². The standard InChI is InChI=1S/C10H13N3O3S/c1-6-2-3-13(8(4-6)10(15)16)9(14)7-5-17-12-11-7/h5-6,8H,2-4H2,1H3,(H,15,16). The van der Waals surface area contributed by atoms with E-state index in [1.54, 1.807) is 5.38 Å². The highest BCUT2D eigenvalue weighted by atomic mass is 32.1. The van der Waals surface area contributed by atoms with Crippen LogP contribution in [0.2, 0.25) is 0 Å². The topological polar surface area (TPSA) is 83.4 Å². The molecule has 7 heteroatoms. The molecule has 1 aromatic heterocycles. The Bertz CT molecular complexity index is 420. The van der Waals surface area contributed by atoms with Gasteiger partial charge in [0, 0.05) is 11.9 Å². The first-order valence-corrected chi connectivity index (χ1v) is 6.24. The van der Waals surface area contributed by atoms with E-state index in [0.29, 0.717) is 18.9 Å². The van der Waals surface area contributed by atoms with Crippen LogP contribution in [-0.2, 0) is 4.79 Å². The molecule has 1 saturated heterocycles. The van der Waals surface area contributed by atoms with Crippen molar-refractivity contribution in [2.45, 2.75) is 25.8 Å². The number of carboxylic acids is 1. The van der Waals surface area contributed by atoms with Crippen LogP contribution in [0.3, 0.4) is 0 Å². The van der Waals surface area contributed by atoms with E-state index in [4.69, 9.17) is 5.11 Å². The van der Waals surface area contributed by atoms with Crippen LogP contribution in [-0.4, -0.2) is 44.1 Å². The number of piperidine rings is 1. The third-order valence-electron chi connectivity index (χ3n) is 2.99. The molecule has 1 aromatic rings. The number of hydrogen-bond acceptors (Lipinski definition) is 5. The maximum Gasteiger partial charge on any atom is 0.326 e. The smallest absolute Gasteiger partial charge is 0.326 e. The van der Waals surface area contributed by atoms with E-state index in [2.05, 4.69) is 9.59 Å². The zero-order chi connectivity index (χ0) is 12.4. The SMILES string of the molecule is CC1CCN(C(=O)c2csnn2)C(C(=O)O)C1. The third kappa shape index (κ3) is 2.44. The third-order valence-corrected chi connectivity index (χ3v) is 3.49. The largest absolute Gasteiger partial charge is 0.480 e. The number of rotatable bonds is 2. The summed E-state index contributed by atoms with van der Waals surface area (Å²) in [5.74, 6) is -0.958. The summed E-state index contributed by atoms with van der Waals surface area (Å²) in [6, 6.07) is -0.743. The van der Waals surface area contributed by atoms with Gasteiger partial charge in [-0.05, 0) is 30.3 Å². The van der Waals surface area contributed by atoms with E-state index in [9.17, 15) is 9.59 Å². The lowest BCUT2D eigenvalue weighted by Gasteiger charge is -2.35. The molecule has 2 rings (SSSR count). The van der Waals surface area contributed by atoms with Crippen LogP contribution in [0.5, 0.6) is 0 Å². The van der Waals surface area contributed by atoms with Crippen LogP contribution < -0.4 is 0 Å². The van der Waals surface area contributed by atoms with Gasteiger partial charge in [0.05, 0.1) is 0 Å². The molecule has 0 bridgehead atoms. The molecule has 0 saturated carbocycles. The molecule has 1 amide bonds. The summed E-state index contributed by atoms with van der Waals surface area (Å²) in [7, 11) is 0. The molecule has 6 nitrogen and oxygen atoms in total. The number of aliphatic carboxylic acids is 1. The summed E-state index contributed by atoms with van der Waals surface area (Å²) >= 11 is 1.09. The van der Waals surface area contributed by atoms with Gasteiger partial charge in [-0.1, -0.05) is 11.4 Å². The van der Waals surface area contributed by atoms with Crippen molar-refractivity contribution in [3.8, 4) is 0 Å². The van der Waals surface area contributed by atoms with Crippen LogP contribution in [0, 0.1) is 5.92 Å². The van der Waals surface area contributed by atoms with Gasteiger partial charge in [-0.15, -0.1) is 5.10 Å². The average molecular weight is 255 g/mol. The van der Waals surface area contributed by atoms with Crippen molar-refractivity contribution >= 4 is 23.4 Å². The fourth-order valence-corrected chi connectivity index (χ4v) is 2.45. The monoisotopic (exact) mass is 255 g/mol. The zero-order valence-electron chi connectivity index (χ0n) is 9.37. The molecule has 0 aromatic carbocycles. The Hall–Kier alpha value is -1.50. The van der Waals surface area contributed by atoms with Crippen LogP contribution >= 0.6 is 11.5 Å². The lowest BCUT2D eigenvalue weighted by atomic mass is 9.92. The molecule has 1 aliphatic heterocycles. The van der Waals surface area contributed by atoms with E-state index in [-0.39, 0.29) is 11.6 Å². The Kier molecular flexibility index (Phi) is 3.37. The van der Waals surface area contributed by atoms with Gasteiger partial charge in [-0.25, -0.2) is 4.79 Å². The van der Waals surface area contributed by atoms with E-state index < -0.39 is 12.0 Å². The van der Waals surface area contributed by atoms with E-state index >= 15 is 0 Å². The lowest BCUT2D eigenvalue weighted by Crippen LogP contribution is -2.49. The molecule has 2 atom stereocenters. The molecule has 2 heterocycles. The molecule has 1 fully saturated rings. The van der Waals surface area contributed by atoms with Crippen molar-refractivity contribution in [3.63, 3.8) is 0 Å². The number of carbonyl (C=O) groups excluding carboxylic acids is 1. The molecular weight excluding hydrogens is 242 g/mol. The summed E-state index contributed by atoms with van der Waals surface area (Å²) in [5, 5.41) is 14.4. The maximum atomic E-state index is 12.0. The van der Waals surface area contributed by atoms with Gasteiger partial charge >= 0.3 is 5.97 Å². The second-order valence-corrected chi connectivity index (χ2v) is 4.88. The zero-order valence-corrected chi connectivity index (χ0v) is 10.2. The number of hydrogen-bond donors (Lipinski definition) is 1. The van der Waals surface area contributed by atoms with Crippen molar-refractivity contribution in [1.29, 1.82) is 0 Å². The van der Waals surface area contributed by atoms with Gasteiger partial charge in [0.1, 0.15) is 6.04 Å². The number of amides is 1. The molecule has 17 heavy (non-hydrogen) atoms. The van der Waals surface area contributed by atoms with Gasteiger partial charge in [0.15, 0.2) is 5.69 Å². The number of likely N-dealkylation sites (tertiary alicyclic amines) is 1. The van der Waals surface area contributed by atoms with Crippen molar-refractivity contribution in [3.05, 3.63) is 11.1 Å². The first-order chi connectivity index (χ1) is 8.09. The Morgan fingerprint density at radius 1 is 1.59 bits per heavy atom. The van der Waals surface area contributed by atoms with E-state index in [1.807, 2.05) is 6.92 Å². The normalized spacial score (nSPS) is 24.6. The van der Waals surface area contributed by atoms with Crippen molar-refractivity contribution < 1.29 is 14.7 Å². The fraction of sp³-hybridized carbons (Fsp3) is 0.600. The quantitative estimate of drug-likeness (QED) is 0.847. The first kappa shape index (κ1) is 12.0. The highest BCUT2D eigenvalue weighted by Crippen LogP contribution is 2.24. The Balaban J connectivity index is 2.18. The number of aromatic nitrogens is 2. The number of nitrogens with zero attached hydrogens (tertiary/aromatic N) is 3. The molecular formula is C10H13N3O3S.